The van der Waals surface area contributed by atoms with Crippen LogP contribution in [-0.2, 0) is 0 Å². The Balaban J connectivity index is 0.956. The van der Waals surface area contributed by atoms with Crippen LogP contribution in [-0.4, -0.2) is 39.0 Å². The maximum atomic E-state index is 10.1. The fraction of sp³-hybridized carbons (Fsp3) is 0. The van der Waals surface area contributed by atoms with Crippen molar-refractivity contribution in [2.75, 3.05) is 0 Å². The SMILES string of the molecule is [C-]#[N+]c1ccc2c(c1)c1cc([N+]#[C-])ccc1n2-c1ccc(-c2cccc(-c3ccc(-n4c5ccc(C#N)cc5c5cc(C#N)ccc54)c(-c4nc(-c5ccccc5)nc(-c5ccccc5)n4)c3)c2)cc1-c1nc(-c2ccccc2)nc(-c2ccccc2)n1. The van der Waals surface area contributed by atoms with Gasteiger partial charge < -0.3 is 9.13 Å². The Labute approximate surface area is 504 Å². The fourth-order valence-corrected chi connectivity index (χ4v) is 11.7. The molecule has 0 saturated carbocycles. The topological polar surface area (TPSA) is 144 Å². The Kier molecular flexibility index (Phi) is 12.7. The lowest BCUT2D eigenvalue weighted by molar-refractivity contribution is 1.06. The third kappa shape index (κ3) is 9.18. The zero-order chi connectivity index (χ0) is 59.2. The Hall–Kier alpha value is -13.0. The third-order valence-electron chi connectivity index (χ3n) is 15.9. The molecule has 0 atom stereocenters. The van der Waals surface area contributed by atoms with E-state index in [1.165, 1.54) is 0 Å². The lowest BCUT2D eigenvalue weighted by Crippen LogP contribution is -2.04. The van der Waals surface area contributed by atoms with E-state index in [2.05, 4.69) is 91.6 Å². The average Bonchev–Trinajstić information content (AvgIpc) is 1.65. The molecule has 0 aliphatic carbocycles. The van der Waals surface area contributed by atoms with Gasteiger partial charge in [-0.15, -0.1) is 0 Å². The highest BCUT2D eigenvalue weighted by Gasteiger charge is 2.24. The van der Waals surface area contributed by atoms with Crippen LogP contribution in [0.15, 0.2) is 255 Å². The number of rotatable bonds is 10. The van der Waals surface area contributed by atoms with Gasteiger partial charge >= 0.3 is 0 Å². The molecule has 0 saturated heterocycles. The van der Waals surface area contributed by atoms with E-state index in [4.69, 9.17) is 43.0 Å². The molecule has 0 spiro atoms. The van der Waals surface area contributed by atoms with Crippen molar-refractivity contribution in [3.05, 3.63) is 289 Å². The first-order valence-corrected chi connectivity index (χ1v) is 28.3. The predicted octanol–water partition coefficient (Wildman–Crippen LogP) is 18.4. The molecule has 15 rings (SSSR count). The second-order valence-corrected chi connectivity index (χ2v) is 21.1. The number of nitrogens with zero attached hydrogens (tertiary/aromatic N) is 12. The molecule has 0 bridgehead atoms. The number of hydrogen-bond acceptors (Lipinski definition) is 8. The number of nitriles is 2. The molecule has 0 aliphatic rings. The van der Waals surface area contributed by atoms with Crippen molar-refractivity contribution < 1.29 is 0 Å². The van der Waals surface area contributed by atoms with E-state index < -0.39 is 0 Å². The smallest absolute Gasteiger partial charge is 0.188 e. The van der Waals surface area contributed by atoms with Crippen molar-refractivity contribution in [1.29, 1.82) is 10.5 Å². The molecule has 12 nitrogen and oxygen atoms in total. The molecule has 406 valence electrons. The summed E-state index contributed by atoms with van der Waals surface area (Å²) in [6, 6.07) is 88.0. The monoisotopic (exact) mass is 1120 g/mol. The van der Waals surface area contributed by atoms with Crippen molar-refractivity contribution in [2.45, 2.75) is 0 Å². The van der Waals surface area contributed by atoms with Gasteiger partial charge in [0.2, 0.25) is 0 Å². The minimum Gasteiger partial charge on any atom is -0.309 e. The van der Waals surface area contributed by atoms with E-state index in [9.17, 15) is 10.5 Å². The second-order valence-electron chi connectivity index (χ2n) is 21.1. The largest absolute Gasteiger partial charge is 0.309 e. The van der Waals surface area contributed by atoms with Gasteiger partial charge in [-0.25, -0.2) is 39.6 Å². The summed E-state index contributed by atoms with van der Waals surface area (Å²) in [4.78, 5) is 38.9. The van der Waals surface area contributed by atoms with Crippen LogP contribution in [0.5, 0.6) is 0 Å². The van der Waals surface area contributed by atoms with Crippen LogP contribution < -0.4 is 0 Å². The molecular weight excluding hydrogens is 1080 g/mol. The van der Waals surface area contributed by atoms with Gasteiger partial charge in [-0.3, -0.25) is 0 Å². The Morgan fingerprint density at radius 2 is 0.591 bits per heavy atom. The minimum atomic E-state index is 0.445. The van der Waals surface area contributed by atoms with Gasteiger partial charge in [0.1, 0.15) is 0 Å². The molecule has 0 N–H and O–H groups in total. The van der Waals surface area contributed by atoms with Crippen LogP contribution in [0.25, 0.3) is 155 Å². The molecule has 0 fully saturated rings. The van der Waals surface area contributed by atoms with E-state index in [0.29, 0.717) is 57.4 Å². The van der Waals surface area contributed by atoms with Crippen molar-refractivity contribution in [1.82, 2.24) is 39.0 Å². The summed E-state index contributed by atoms with van der Waals surface area (Å²) >= 11 is 0. The van der Waals surface area contributed by atoms with E-state index in [0.717, 1.165) is 111 Å². The molecule has 0 unspecified atom stereocenters. The molecule has 4 aromatic heterocycles. The lowest BCUT2D eigenvalue weighted by atomic mass is 9.95. The standard InChI is InChI=1S/C76H42N12/c1-79-57-30-36-67-61(43-57)62-44-58(80-2)31-37-68(62)88(67)70-35-29-56(42-64(70)76-85-73(51-20-11-5-12-21-51)82-74(86-76)52-22-13-6-14-23-52)54-25-15-24-53(40-54)55-28-34-69(87-65-32-26-47(45-77)38-59(65)60-39-48(46-78)27-33-66(60)87)63(41-55)75-83-71(49-16-7-3-8-17-49)81-72(84-75)50-18-9-4-10-19-50/h3-44H. The van der Waals surface area contributed by atoms with Crippen LogP contribution in [0.1, 0.15) is 11.1 Å². The van der Waals surface area contributed by atoms with Crippen molar-refractivity contribution in [3.63, 3.8) is 0 Å². The van der Waals surface area contributed by atoms with Crippen LogP contribution in [0.2, 0.25) is 0 Å². The zero-order valence-electron chi connectivity index (χ0n) is 46.6. The van der Waals surface area contributed by atoms with Crippen molar-refractivity contribution in [3.8, 4) is 114 Å². The van der Waals surface area contributed by atoms with Gasteiger partial charge in [0.25, 0.3) is 0 Å². The van der Waals surface area contributed by atoms with Gasteiger partial charge in [0.15, 0.2) is 46.3 Å². The number of fused-ring (bicyclic) bond motifs is 6. The predicted molar refractivity (Wildman–Crippen MR) is 347 cm³/mol. The maximum Gasteiger partial charge on any atom is 0.188 e. The van der Waals surface area contributed by atoms with Crippen LogP contribution in [0, 0.1) is 35.8 Å². The Morgan fingerprint density at radius 3 is 0.932 bits per heavy atom. The van der Waals surface area contributed by atoms with Gasteiger partial charge in [0.05, 0.1) is 69.9 Å². The first-order valence-electron chi connectivity index (χ1n) is 28.3. The summed E-state index contributed by atoms with van der Waals surface area (Å²) < 4.78 is 4.34. The number of hydrogen-bond donors (Lipinski definition) is 0. The first-order chi connectivity index (χ1) is 43.4. The molecule has 88 heavy (non-hydrogen) atoms. The van der Waals surface area contributed by atoms with Crippen LogP contribution >= 0.6 is 0 Å². The molecule has 15 aromatic rings. The first kappa shape index (κ1) is 51.8. The van der Waals surface area contributed by atoms with Gasteiger partial charge in [-0.1, -0.05) is 164 Å². The normalized spacial score (nSPS) is 11.1. The van der Waals surface area contributed by atoms with Crippen molar-refractivity contribution in [2.24, 2.45) is 0 Å². The third-order valence-corrected chi connectivity index (χ3v) is 15.9. The van der Waals surface area contributed by atoms with E-state index in [1.807, 2.05) is 194 Å². The summed E-state index contributed by atoms with van der Waals surface area (Å²) in [5.41, 5.74) is 15.3. The van der Waals surface area contributed by atoms with E-state index >= 15 is 0 Å². The van der Waals surface area contributed by atoms with E-state index in [1.54, 1.807) is 0 Å². The van der Waals surface area contributed by atoms with Crippen molar-refractivity contribution >= 4 is 55.0 Å². The molecule has 0 amide bonds. The molecule has 0 aliphatic heterocycles. The highest BCUT2D eigenvalue weighted by atomic mass is 15.1. The number of aromatic nitrogens is 8. The minimum absolute atomic E-state index is 0.445. The summed E-state index contributed by atoms with van der Waals surface area (Å²) in [5, 5.41) is 23.6. The second kappa shape index (κ2) is 21.6. The molecular formula is C76H42N12. The summed E-state index contributed by atoms with van der Waals surface area (Å²) in [7, 11) is 0. The molecule has 0 radical (unpaired) electrons. The molecule has 11 aromatic carbocycles. The average molecular weight is 1120 g/mol. The fourth-order valence-electron chi connectivity index (χ4n) is 11.7. The summed E-state index contributed by atoms with van der Waals surface area (Å²) in [6.07, 6.45) is 0. The molecule has 12 heteroatoms. The maximum absolute atomic E-state index is 10.1. The number of benzene rings is 11. The lowest BCUT2D eigenvalue weighted by Gasteiger charge is -2.17. The Bertz CT molecular complexity index is 4900. The van der Waals surface area contributed by atoms with Gasteiger partial charge in [0, 0.05) is 44.2 Å². The Morgan fingerprint density at radius 1 is 0.284 bits per heavy atom. The zero-order valence-corrected chi connectivity index (χ0v) is 46.6. The summed E-state index contributed by atoms with van der Waals surface area (Å²) in [6.45, 7) is 15.9. The quantitative estimate of drug-likeness (QED) is 0.123. The van der Waals surface area contributed by atoms with Gasteiger partial charge in [-0.05, 0) is 124 Å². The highest BCUT2D eigenvalue weighted by molar-refractivity contribution is 6.13. The summed E-state index contributed by atoms with van der Waals surface area (Å²) in [5.74, 6) is 2.93. The van der Waals surface area contributed by atoms with Crippen LogP contribution in [0.4, 0.5) is 11.4 Å². The molecule has 4 heterocycles. The van der Waals surface area contributed by atoms with Gasteiger partial charge in [-0.2, -0.15) is 10.5 Å². The highest BCUT2D eigenvalue weighted by Crippen LogP contribution is 2.43. The van der Waals surface area contributed by atoms with Crippen LogP contribution in [0.3, 0.4) is 0 Å². The van der Waals surface area contributed by atoms with E-state index in [-0.39, 0.29) is 0 Å².